The van der Waals surface area contributed by atoms with Gasteiger partial charge in [0.05, 0.1) is 11.2 Å². The SMILES string of the molecule is CCn1ncc(Cl)c1C(=O)C1C2CCC(C2)C1N. The number of aryl methyl sites for hydroxylation is 1. The van der Waals surface area contributed by atoms with E-state index >= 15 is 0 Å². The van der Waals surface area contributed by atoms with Crippen molar-refractivity contribution >= 4 is 17.4 Å². The van der Waals surface area contributed by atoms with Gasteiger partial charge in [-0.15, -0.1) is 0 Å². The summed E-state index contributed by atoms with van der Waals surface area (Å²) in [4.78, 5) is 12.7. The number of nitrogens with two attached hydrogens (primary N) is 1. The van der Waals surface area contributed by atoms with Gasteiger partial charge < -0.3 is 5.73 Å². The van der Waals surface area contributed by atoms with Gasteiger partial charge in [-0.3, -0.25) is 9.48 Å². The molecule has 98 valence electrons. The Hall–Kier alpha value is -0.870. The largest absolute Gasteiger partial charge is 0.327 e. The van der Waals surface area contributed by atoms with Crippen molar-refractivity contribution in [1.29, 1.82) is 0 Å². The fourth-order valence-corrected chi connectivity index (χ4v) is 3.96. The normalized spacial score (nSPS) is 34.2. The van der Waals surface area contributed by atoms with Crippen LogP contribution in [0, 0.1) is 17.8 Å². The van der Waals surface area contributed by atoms with E-state index in [2.05, 4.69) is 5.10 Å². The lowest BCUT2D eigenvalue weighted by atomic mass is 9.81. The summed E-state index contributed by atoms with van der Waals surface area (Å²) in [6.07, 6.45) is 4.97. The molecule has 2 N–H and O–H groups in total. The lowest BCUT2D eigenvalue weighted by molar-refractivity contribution is 0.0845. The van der Waals surface area contributed by atoms with Crippen LogP contribution in [0.2, 0.25) is 5.02 Å². The van der Waals surface area contributed by atoms with Gasteiger partial charge in [-0.05, 0) is 38.0 Å². The zero-order valence-corrected chi connectivity index (χ0v) is 11.2. The topological polar surface area (TPSA) is 60.9 Å². The molecule has 2 aliphatic rings. The number of halogens is 1. The summed E-state index contributed by atoms with van der Waals surface area (Å²) >= 11 is 6.10. The lowest BCUT2D eigenvalue weighted by Crippen LogP contribution is -2.40. The predicted octanol–water partition coefficient (Wildman–Crippen LogP) is 2.11. The van der Waals surface area contributed by atoms with E-state index < -0.39 is 0 Å². The van der Waals surface area contributed by atoms with Gasteiger partial charge in [0.2, 0.25) is 0 Å². The van der Waals surface area contributed by atoms with Crippen molar-refractivity contribution < 1.29 is 4.79 Å². The molecular weight excluding hydrogens is 250 g/mol. The van der Waals surface area contributed by atoms with Gasteiger partial charge in [0, 0.05) is 18.5 Å². The Balaban J connectivity index is 1.93. The number of ketones is 1. The first-order chi connectivity index (χ1) is 8.63. The van der Waals surface area contributed by atoms with E-state index in [-0.39, 0.29) is 17.7 Å². The summed E-state index contributed by atoms with van der Waals surface area (Å²) in [6, 6.07) is 0.00697. The maximum atomic E-state index is 12.7. The second-order valence-corrected chi connectivity index (χ2v) is 5.86. The smallest absolute Gasteiger partial charge is 0.187 e. The van der Waals surface area contributed by atoms with E-state index in [1.807, 2.05) is 6.92 Å². The number of rotatable bonds is 3. The highest BCUT2D eigenvalue weighted by Crippen LogP contribution is 2.48. The number of carbonyl (C=O) groups excluding carboxylic acids is 1. The van der Waals surface area contributed by atoms with Crippen LogP contribution in [-0.2, 0) is 6.54 Å². The maximum Gasteiger partial charge on any atom is 0.187 e. The average molecular weight is 268 g/mol. The summed E-state index contributed by atoms with van der Waals surface area (Å²) < 4.78 is 1.68. The third-order valence-electron chi connectivity index (χ3n) is 4.61. The van der Waals surface area contributed by atoms with Gasteiger partial charge in [0.1, 0.15) is 5.69 Å². The van der Waals surface area contributed by atoms with Crippen molar-refractivity contribution in [3.05, 3.63) is 16.9 Å². The maximum absolute atomic E-state index is 12.7. The first-order valence-corrected chi connectivity index (χ1v) is 7.02. The Morgan fingerprint density at radius 3 is 2.89 bits per heavy atom. The number of hydrogen-bond acceptors (Lipinski definition) is 3. The second kappa shape index (κ2) is 4.35. The van der Waals surface area contributed by atoms with Crippen LogP contribution in [0.15, 0.2) is 6.20 Å². The number of fused-ring (bicyclic) bond motifs is 2. The molecule has 1 heterocycles. The monoisotopic (exact) mass is 267 g/mol. The highest BCUT2D eigenvalue weighted by molar-refractivity contribution is 6.33. The van der Waals surface area contributed by atoms with Gasteiger partial charge in [0.25, 0.3) is 0 Å². The highest BCUT2D eigenvalue weighted by Gasteiger charge is 2.49. The molecule has 1 aromatic rings. The molecule has 0 aliphatic heterocycles. The van der Waals surface area contributed by atoms with Crippen LogP contribution in [0.5, 0.6) is 0 Å². The van der Waals surface area contributed by atoms with Crippen LogP contribution < -0.4 is 5.73 Å². The number of Topliss-reactive ketones (excluding diaryl/α,β-unsaturated/α-hetero) is 1. The summed E-state index contributed by atoms with van der Waals surface area (Å²) in [6.45, 7) is 2.62. The average Bonchev–Trinajstić information content (AvgIpc) is 3.02. The van der Waals surface area contributed by atoms with E-state index in [0.717, 1.165) is 12.8 Å². The van der Waals surface area contributed by atoms with Crippen LogP contribution in [0.1, 0.15) is 36.7 Å². The molecule has 0 aromatic carbocycles. The predicted molar refractivity (Wildman–Crippen MR) is 69.5 cm³/mol. The lowest BCUT2D eigenvalue weighted by Gasteiger charge is -2.27. The van der Waals surface area contributed by atoms with Crippen LogP contribution in [0.25, 0.3) is 0 Å². The molecule has 1 aromatic heterocycles. The Labute approximate surface area is 111 Å². The fraction of sp³-hybridized carbons (Fsp3) is 0.692. The summed E-state index contributed by atoms with van der Waals surface area (Å²) in [5.41, 5.74) is 6.77. The summed E-state index contributed by atoms with van der Waals surface area (Å²) in [7, 11) is 0. The molecule has 4 unspecified atom stereocenters. The van der Waals surface area contributed by atoms with E-state index in [1.165, 1.54) is 6.42 Å². The molecule has 3 rings (SSSR count). The molecule has 0 amide bonds. The first kappa shape index (κ1) is 12.2. The van der Waals surface area contributed by atoms with Crippen molar-refractivity contribution in [1.82, 2.24) is 9.78 Å². The Morgan fingerprint density at radius 2 is 2.28 bits per heavy atom. The van der Waals surface area contributed by atoms with Crippen molar-refractivity contribution in [2.45, 2.75) is 38.8 Å². The molecule has 0 radical (unpaired) electrons. The van der Waals surface area contributed by atoms with Gasteiger partial charge in [-0.2, -0.15) is 5.10 Å². The number of carbonyl (C=O) groups is 1. The third-order valence-corrected chi connectivity index (χ3v) is 4.89. The second-order valence-electron chi connectivity index (χ2n) is 5.46. The van der Waals surface area contributed by atoms with Crippen molar-refractivity contribution in [3.63, 3.8) is 0 Å². The number of hydrogen-bond donors (Lipinski definition) is 1. The Morgan fingerprint density at radius 1 is 1.56 bits per heavy atom. The summed E-state index contributed by atoms with van der Waals surface area (Å²) in [5.74, 6) is 1.02. The zero-order valence-electron chi connectivity index (χ0n) is 10.5. The fourth-order valence-electron chi connectivity index (χ4n) is 3.73. The summed E-state index contributed by atoms with van der Waals surface area (Å²) in [5, 5.41) is 4.59. The molecule has 2 fully saturated rings. The zero-order chi connectivity index (χ0) is 12.9. The van der Waals surface area contributed by atoms with E-state index in [4.69, 9.17) is 17.3 Å². The van der Waals surface area contributed by atoms with E-state index in [0.29, 0.717) is 29.1 Å². The van der Waals surface area contributed by atoms with Crippen molar-refractivity contribution in [3.8, 4) is 0 Å². The molecular formula is C13H18ClN3O. The molecule has 2 bridgehead atoms. The number of aromatic nitrogens is 2. The molecule has 0 spiro atoms. The van der Waals surface area contributed by atoms with Crippen LogP contribution in [-0.4, -0.2) is 21.6 Å². The van der Waals surface area contributed by atoms with Gasteiger partial charge in [-0.1, -0.05) is 11.6 Å². The molecule has 4 atom stereocenters. The van der Waals surface area contributed by atoms with Crippen LogP contribution >= 0.6 is 11.6 Å². The molecule has 18 heavy (non-hydrogen) atoms. The molecule has 2 saturated carbocycles. The van der Waals surface area contributed by atoms with Gasteiger partial charge in [0.15, 0.2) is 5.78 Å². The molecule has 5 heteroatoms. The van der Waals surface area contributed by atoms with Gasteiger partial charge in [-0.25, -0.2) is 0 Å². The van der Waals surface area contributed by atoms with E-state index in [1.54, 1.807) is 10.9 Å². The minimum absolute atomic E-state index is 0.00697. The first-order valence-electron chi connectivity index (χ1n) is 6.64. The quantitative estimate of drug-likeness (QED) is 0.854. The molecule has 0 saturated heterocycles. The Bertz CT molecular complexity index is 483. The van der Waals surface area contributed by atoms with Crippen molar-refractivity contribution in [2.75, 3.05) is 0 Å². The minimum Gasteiger partial charge on any atom is -0.327 e. The number of nitrogens with zero attached hydrogens (tertiary/aromatic N) is 2. The molecule has 4 nitrogen and oxygen atoms in total. The van der Waals surface area contributed by atoms with Gasteiger partial charge >= 0.3 is 0 Å². The van der Waals surface area contributed by atoms with Crippen LogP contribution in [0.3, 0.4) is 0 Å². The standard InChI is InChI=1S/C13H18ClN3O/c1-2-17-12(9(14)6-16-17)13(18)10-7-3-4-8(5-7)11(10)15/h6-8,10-11H,2-5,15H2,1H3. The highest BCUT2D eigenvalue weighted by atomic mass is 35.5. The molecule has 2 aliphatic carbocycles. The van der Waals surface area contributed by atoms with Crippen LogP contribution in [0.4, 0.5) is 0 Å². The minimum atomic E-state index is -0.0525. The Kier molecular flexibility index (Phi) is 2.94. The van der Waals surface area contributed by atoms with E-state index in [9.17, 15) is 4.79 Å². The third kappa shape index (κ3) is 1.62. The van der Waals surface area contributed by atoms with Crippen molar-refractivity contribution in [2.24, 2.45) is 23.5 Å².